The highest BCUT2D eigenvalue weighted by molar-refractivity contribution is 5.56. The average molecular weight is 297 g/mol. The summed E-state index contributed by atoms with van der Waals surface area (Å²) in [5.74, 6) is 0.423. The second-order valence-corrected chi connectivity index (χ2v) is 6.26. The summed E-state index contributed by atoms with van der Waals surface area (Å²) >= 11 is 0. The summed E-state index contributed by atoms with van der Waals surface area (Å²) in [6.45, 7) is 9.68. The SMILES string of the molecule is Cc1cccc(N2CC[NH+](Cc3ccccc3O)CC2)c1C. The molecular formula is C19H25N2O+. The third kappa shape index (κ3) is 3.09. The molecule has 1 aliphatic rings. The van der Waals surface area contributed by atoms with Gasteiger partial charge >= 0.3 is 0 Å². The second kappa shape index (κ2) is 6.41. The number of hydrogen-bond donors (Lipinski definition) is 2. The van der Waals surface area contributed by atoms with Gasteiger partial charge in [0, 0.05) is 11.3 Å². The lowest BCUT2D eigenvalue weighted by Crippen LogP contribution is -3.13. The molecule has 3 nitrogen and oxygen atoms in total. The lowest BCUT2D eigenvalue weighted by molar-refractivity contribution is -0.914. The number of quaternary nitrogens is 1. The Morgan fingerprint density at radius 3 is 2.45 bits per heavy atom. The Kier molecular flexibility index (Phi) is 4.34. The van der Waals surface area contributed by atoms with E-state index in [-0.39, 0.29) is 0 Å². The molecule has 1 heterocycles. The lowest BCUT2D eigenvalue weighted by atomic mass is 10.1. The molecule has 0 amide bonds. The summed E-state index contributed by atoms with van der Waals surface area (Å²) in [6.07, 6.45) is 0. The van der Waals surface area contributed by atoms with E-state index in [2.05, 4.69) is 36.9 Å². The molecule has 0 radical (unpaired) electrons. The van der Waals surface area contributed by atoms with Crippen molar-refractivity contribution < 1.29 is 10.0 Å². The molecule has 2 aromatic rings. The standard InChI is InChI=1S/C19H24N2O/c1-15-6-5-8-18(16(15)2)21-12-10-20(11-13-21)14-17-7-3-4-9-19(17)22/h3-9,22H,10-14H2,1-2H3/p+1. The van der Waals surface area contributed by atoms with E-state index < -0.39 is 0 Å². The van der Waals surface area contributed by atoms with E-state index in [1.54, 1.807) is 11.0 Å². The number of nitrogens with one attached hydrogen (secondary N) is 1. The fraction of sp³-hybridized carbons (Fsp3) is 0.368. The van der Waals surface area contributed by atoms with Gasteiger partial charge in [0.05, 0.1) is 26.2 Å². The van der Waals surface area contributed by atoms with Gasteiger partial charge in [0.2, 0.25) is 0 Å². The summed E-state index contributed by atoms with van der Waals surface area (Å²) in [5.41, 5.74) is 5.19. The van der Waals surface area contributed by atoms with Crippen LogP contribution in [0.2, 0.25) is 0 Å². The van der Waals surface area contributed by atoms with Gasteiger partial charge in [-0.3, -0.25) is 0 Å². The van der Waals surface area contributed by atoms with Crippen molar-refractivity contribution in [2.75, 3.05) is 31.1 Å². The summed E-state index contributed by atoms with van der Waals surface area (Å²) in [7, 11) is 0. The van der Waals surface area contributed by atoms with Crippen LogP contribution < -0.4 is 9.80 Å². The summed E-state index contributed by atoms with van der Waals surface area (Å²) < 4.78 is 0. The number of piperazine rings is 1. The summed E-state index contributed by atoms with van der Waals surface area (Å²) in [6, 6.07) is 14.3. The molecule has 0 bridgehead atoms. The average Bonchev–Trinajstić information content (AvgIpc) is 2.53. The van der Waals surface area contributed by atoms with E-state index in [4.69, 9.17) is 0 Å². The van der Waals surface area contributed by atoms with E-state index in [1.807, 2.05) is 18.2 Å². The molecule has 116 valence electrons. The molecule has 3 rings (SSSR count). The first-order valence-electron chi connectivity index (χ1n) is 8.07. The quantitative estimate of drug-likeness (QED) is 0.906. The molecule has 0 aromatic heterocycles. The highest BCUT2D eigenvalue weighted by atomic mass is 16.3. The minimum Gasteiger partial charge on any atom is -0.507 e. The van der Waals surface area contributed by atoms with Crippen LogP contribution in [-0.4, -0.2) is 31.3 Å². The van der Waals surface area contributed by atoms with Crippen molar-refractivity contribution in [3.63, 3.8) is 0 Å². The fourth-order valence-corrected chi connectivity index (χ4v) is 3.25. The number of anilines is 1. The molecule has 22 heavy (non-hydrogen) atoms. The molecule has 1 saturated heterocycles. The first-order chi connectivity index (χ1) is 10.6. The van der Waals surface area contributed by atoms with Crippen LogP contribution in [0.1, 0.15) is 16.7 Å². The Hall–Kier alpha value is -2.00. The van der Waals surface area contributed by atoms with Gasteiger partial charge in [0.15, 0.2) is 0 Å². The summed E-state index contributed by atoms with van der Waals surface area (Å²) in [5, 5.41) is 9.91. The Balaban J connectivity index is 1.63. The van der Waals surface area contributed by atoms with Crippen molar-refractivity contribution >= 4 is 5.69 Å². The largest absolute Gasteiger partial charge is 0.507 e. The Morgan fingerprint density at radius 1 is 1.00 bits per heavy atom. The molecule has 2 N–H and O–H groups in total. The number of aromatic hydroxyl groups is 1. The zero-order valence-electron chi connectivity index (χ0n) is 13.5. The second-order valence-electron chi connectivity index (χ2n) is 6.26. The lowest BCUT2D eigenvalue weighted by Gasteiger charge is -2.34. The number of aryl methyl sites for hydroxylation is 1. The molecule has 0 aliphatic carbocycles. The molecule has 0 spiro atoms. The zero-order valence-corrected chi connectivity index (χ0v) is 13.5. The molecule has 1 fully saturated rings. The van der Waals surface area contributed by atoms with Crippen molar-refractivity contribution in [3.05, 3.63) is 59.2 Å². The molecular weight excluding hydrogens is 272 g/mol. The maximum Gasteiger partial charge on any atom is 0.124 e. The van der Waals surface area contributed by atoms with E-state index >= 15 is 0 Å². The molecule has 0 unspecified atom stereocenters. The fourth-order valence-electron chi connectivity index (χ4n) is 3.25. The highest BCUT2D eigenvalue weighted by Gasteiger charge is 2.22. The van der Waals surface area contributed by atoms with Gasteiger partial charge in [-0.1, -0.05) is 24.3 Å². The molecule has 0 atom stereocenters. The number of nitrogens with zero attached hydrogens (tertiary/aromatic N) is 1. The third-order valence-electron chi connectivity index (χ3n) is 4.82. The number of rotatable bonds is 3. The number of phenols is 1. The first-order valence-corrected chi connectivity index (χ1v) is 8.07. The molecule has 3 heteroatoms. The maximum atomic E-state index is 9.91. The first kappa shape index (κ1) is 14.9. The van der Waals surface area contributed by atoms with Crippen molar-refractivity contribution in [1.82, 2.24) is 0 Å². The van der Waals surface area contributed by atoms with Crippen LogP contribution in [-0.2, 0) is 6.54 Å². The third-order valence-corrected chi connectivity index (χ3v) is 4.82. The van der Waals surface area contributed by atoms with Gasteiger partial charge in [-0.2, -0.15) is 0 Å². The van der Waals surface area contributed by atoms with E-state index in [1.165, 1.54) is 16.8 Å². The van der Waals surface area contributed by atoms with Gasteiger partial charge < -0.3 is 14.9 Å². The monoisotopic (exact) mass is 297 g/mol. The smallest absolute Gasteiger partial charge is 0.124 e. The van der Waals surface area contributed by atoms with Crippen LogP contribution in [0.15, 0.2) is 42.5 Å². The Bertz CT molecular complexity index is 646. The van der Waals surface area contributed by atoms with E-state index in [0.717, 1.165) is 38.3 Å². The van der Waals surface area contributed by atoms with Crippen LogP contribution in [0.3, 0.4) is 0 Å². The molecule has 2 aromatic carbocycles. The number of benzene rings is 2. The van der Waals surface area contributed by atoms with Gasteiger partial charge in [-0.05, 0) is 43.2 Å². The van der Waals surface area contributed by atoms with Gasteiger partial charge in [-0.25, -0.2) is 0 Å². The minimum atomic E-state index is 0.423. The normalized spacial score (nSPS) is 16.0. The Labute approximate surface area is 132 Å². The van der Waals surface area contributed by atoms with Crippen molar-refractivity contribution in [1.29, 1.82) is 0 Å². The number of para-hydroxylation sites is 1. The van der Waals surface area contributed by atoms with Gasteiger partial charge in [-0.15, -0.1) is 0 Å². The minimum absolute atomic E-state index is 0.423. The molecule has 1 aliphatic heterocycles. The summed E-state index contributed by atoms with van der Waals surface area (Å²) in [4.78, 5) is 4.04. The number of hydrogen-bond acceptors (Lipinski definition) is 2. The van der Waals surface area contributed by atoms with Crippen LogP contribution in [0.5, 0.6) is 5.75 Å². The number of phenolic OH excluding ortho intramolecular Hbond substituents is 1. The topological polar surface area (TPSA) is 27.9 Å². The maximum absolute atomic E-state index is 9.91. The van der Waals surface area contributed by atoms with Crippen LogP contribution >= 0.6 is 0 Å². The zero-order chi connectivity index (χ0) is 15.5. The van der Waals surface area contributed by atoms with E-state index in [9.17, 15) is 5.11 Å². The van der Waals surface area contributed by atoms with Gasteiger partial charge in [0.25, 0.3) is 0 Å². The predicted molar refractivity (Wildman–Crippen MR) is 90.6 cm³/mol. The van der Waals surface area contributed by atoms with Crippen molar-refractivity contribution in [2.45, 2.75) is 20.4 Å². The van der Waals surface area contributed by atoms with Crippen LogP contribution in [0, 0.1) is 13.8 Å². The van der Waals surface area contributed by atoms with Crippen LogP contribution in [0.4, 0.5) is 5.69 Å². The van der Waals surface area contributed by atoms with Gasteiger partial charge in [0.1, 0.15) is 12.3 Å². The highest BCUT2D eigenvalue weighted by Crippen LogP contribution is 2.22. The van der Waals surface area contributed by atoms with Crippen molar-refractivity contribution in [3.8, 4) is 5.75 Å². The predicted octanol–water partition coefficient (Wildman–Crippen LogP) is 1.91. The Morgan fingerprint density at radius 2 is 1.73 bits per heavy atom. The van der Waals surface area contributed by atoms with E-state index in [0.29, 0.717) is 5.75 Å². The molecule has 0 saturated carbocycles. The van der Waals surface area contributed by atoms with Crippen LogP contribution in [0.25, 0.3) is 0 Å². The van der Waals surface area contributed by atoms with Crippen molar-refractivity contribution in [2.24, 2.45) is 0 Å².